The number of aliphatic carboxylic acids is 1. The third-order valence-corrected chi connectivity index (χ3v) is 2.75. The summed E-state index contributed by atoms with van der Waals surface area (Å²) in [6.07, 6.45) is -1.93. The number of aromatic nitrogens is 1. The number of nitrogens with zero attached hydrogens (tertiary/aromatic N) is 1. The predicted octanol–water partition coefficient (Wildman–Crippen LogP) is 3.39. The maximum absolute atomic E-state index is 12.7. The molecule has 0 saturated heterocycles. The van der Waals surface area contributed by atoms with Crippen molar-refractivity contribution >= 4 is 5.97 Å². The van der Waals surface area contributed by atoms with Crippen LogP contribution in [0.15, 0.2) is 42.7 Å². The Bertz CT molecular complexity index is 638. The summed E-state index contributed by atoms with van der Waals surface area (Å²) in [5.41, 5.74) is 0.331. The second-order valence-corrected chi connectivity index (χ2v) is 4.18. The number of carbonyl (C=O) groups is 1. The summed E-state index contributed by atoms with van der Waals surface area (Å²) in [5.74, 6) is -1.05. The molecule has 0 unspecified atom stereocenters. The fraction of sp³-hybridized carbons (Fsp3) is 0.143. The average molecular weight is 281 g/mol. The summed E-state index contributed by atoms with van der Waals surface area (Å²) in [4.78, 5) is 14.6. The van der Waals surface area contributed by atoms with E-state index in [9.17, 15) is 18.0 Å². The molecule has 0 fully saturated rings. The van der Waals surface area contributed by atoms with Crippen molar-refractivity contribution < 1.29 is 23.1 Å². The first-order chi connectivity index (χ1) is 9.38. The van der Waals surface area contributed by atoms with Gasteiger partial charge in [-0.3, -0.25) is 9.78 Å². The standard InChI is InChI=1S/C14H10F3NO2/c15-14(16,17)11-3-1-2-9(6-11)12-8-18-5-4-10(12)7-13(19)20/h1-6,8H,7H2,(H,19,20). The van der Waals surface area contributed by atoms with E-state index in [0.717, 1.165) is 12.1 Å². The summed E-state index contributed by atoms with van der Waals surface area (Å²) < 4.78 is 38.1. The lowest BCUT2D eigenvalue weighted by Gasteiger charge is -2.11. The molecule has 0 aliphatic carbocycles. The van der Waals surface area contributed by atoms with Crippen molar-refractivity contribution in [3.8, 4) is 11.1 Å². The van der Waals surface area contributed by atoms with Crippen LogP contribution in [0.3, 0.4) is 0 Å². The summed E-state index contributed by atoms with van der Waals surface area (Å²) >= 11 is 0. The maximum Gasteiger partial charge on any atom is 0.416 e. The zero-order valence-corrected chi connectivity index (χ0v) is 10.2. The summed E-state index contributed by atoms with van der Waals surface area (Å²) in [5, 5.41) is 8.82. The Kier molecular flexibility index (Phi) is 3.74. The molecule has 0 aliphatic rings. The fourth-order valence-corrected chi connectivity index (χ4v) is 1.86. The molecule has 2 rings (SSSR count). The van der Waals surface area contributed by atoms with Crippen LogP contribution in [0.5, 0.6) is 0 Å². The molecular formula is C14H10F3NO2. The van der Waals surface area contributed by atoms with Gasteiger partial charge in [-0.2, -0.15) is 13.2 Å². The lowest BCUT2D eigenvalue weighted by atomic mass is 9.98. The Morgan fingerprint density at radius 2 is 2.00 bits per heavy atom. The van der Waals surface area contributed by atoms with E-state index in [4.69, 9.17) is 5.11 Å². The first kappa shape index (κ1) is 14.0. The molecule has 1 N–H and O–H groups in total. The molecule has 1 aromatic carbocycles. The van der Waals surface area contributed by atoms with E-state index in [-0.39, 0.29) is 6.42 Å². The minimum atomic E-state index is -4.44. The number of carboxylic acid groups (broad SMARTS) is 1. The number of alkyl halides is 3. The number of halogens is 3. The van der Waals surface area contributed by atoms with E-state index in [2.05, 4.69) is 4.98 Å². The van der Waals surface area contributed by atoms with Crippen LogP contribution in [0.2, 0.25) is 0 Å². The molecule has 0 radical (unpaired) electrons. The molecule has 0 bridgehead atoms. The molecule has 1 aromatic heterocycles. The molecule has 104 valence electrons. The number of pyridine rings is 1. The van der Waals surface area contributed by atoms with Crippen LogP contribution in [0.4, 0.5) is 13.2 Å². The summed E-state index contributed by atoms with van der Waals surface area (Å²) in [7, 11) is 0. The third kappa shape index (κ3) is 3.14. The largest absolute Gasteiger partial charge is 0.481 e. The van der Waals surface area contributed by atoms with Crippen molar-refractivity contribution in [3.63, 3.8) is 0 Å². The molecular weight excluding hydrogens is 271 g/mol. The van der Waals surface area contributed by atoms with E-state index in [1.54, 1.807) is 0 Å². The number of rotatable bonds is 3. The van der Waals surface area contributed by atoms with Crippen molar-refractivity contribution in [2.45, 2.75) is 12.6 Å². The quantitative estimate of drug-likeness (QED) is 0.938. The minimum absolute atomic E-state index is 0.270. The van der Waals surface area contributed by atoms with Gasteiger partial charge >= 0.3 is 12.1 Å². The van der Waals surface area contributed by atoms with Gasteiger partial charge in [0, 0.05) is 18.0 Å². The predicted molar refractivity (Wildman–Crippen MR) is 66.0 cm³/mol. The Morgan fingerprint density at radius 3 is 2.65 bits per heavy atom. The normalized spacial score (nSPS) is 11.3. The minimum Gasteiger partial charge on any atom is -0.481 e. The van der Waals surface area contributed by atoms with Crippen molar-refractivity contribution in [2.75, 3.05) is 0 Å². The Morgan fingerprint density at radius 1 is 1.25 bits per heavy atom. The fourth-order valence-electron chi connectivity index (χ4n) is 1.86. The van der Waals surface area contributed by atoms with Gasteiger partial charge in [0.25, 0.3) is 0 Å². The molecule has 0 atom stereocenters. The maximum atomic E-state index is 12.7. The van der Waals surface area contributed by atoms with Gasteiger partial charge in [-0.15, -0.1) is 0 Å². The van der Waals surface area contributed by atoms with Crippen LogP contribution in [-0.4, -0.2) is 16.1 Å². The Hall–Kier alpha value is -2.37. The lowest BCUT2D eigenvalue weighted by molar-refractivity contribution is -0.138. The molecule has 3 nitrogen and oxygen atoms in total. The molecule has 2 aromatic rings. The van der Waals surface area contributed by atoms with Crippen LogP contribution in [0.1, 0.15) is 11.1 Å². The van der Waals surface area contributed by atoms with E-state index >= 15 is 0 Å². The highest BCUT2D eigenvalue weighted by atomic mass is 19.4. The Balaban J connectivity index is 2.49. The topological polar surface area (TPSA) is 50.2 Å². The van der Waals surface area contributed by atoms with Gasteiger partial charge in [0.05, 0.1) is 12.0 Å². The zero-order valence-electron chi connectivity index (χ0n) is 10.2. The van der Waals surface area contributed by atoms with Crippen LogP contribution < -0.4 is 0 Å². The van der Waals surface area contributed by atoms with Crippen molar-refractivity contribution in [1.82, 2.24) is 4.98 Å². The summed E-state index contributed by atoms with van der Waals surface area (Å²) in [6, 6.07) is 6.23. The van der Waals surface area contributed by atoms with Crippen LogP contribution in [0.25, 0.3) is 11.1 Å². The van der Waals surface area contributed by atoms with Gasteiger partial charge in [0.15, 0.2) is 0 Å². The van der Waals surface area contributed by atoms with Crippen LogP contribution in [0, 0.1) is 0 Å². The SMILES string of the molecule is O=C(O)Cc1ccncc1-c1cccc(C(F)(F)F)c1. The van der Waals surface area contributed by atoms with E-state index in [1.165, 1.54) is 30.6 Å². The van der Waals surface area contributed by atoms with Gasteiger partial charge in [-0.25, -0.2) is 0 Å². The zero-order chi connectivity index (χ0) is 14.8. The smallest absolute Gasteiger partial charge is 0.416 e. The van der Waals surface area contributed by atoms with Gasteiger partial charge in [-0.1, -0.05) is 12.1 Å². The molecule has 20 heavy (non-hydrogen) atoms. The van der Waals surface area contributed by atoms with Gasteiger partial charge < -0.3 is 5.11 Å². The lowest BCUT2D eigenvalue weighted by Crippen LogP contribution is -2.05. The molecule has 1 heterocycles. The third-order valence-electron chi connectivity index (χ3n) is 2.75. The second kappa shape index (κ2) is 5.32. The van der Waals surface area contributed by atoms with E-state index < -0.39 is 17.7 Å². The van der Waals surface area contributed by atoms with Crippen LogP contribution >= 0.6 is 0 Å². The average Bonchev–Trinajstić information content (AvgIpc) is 2.38. The highest BCUT2D eigenvalue weighted by Crippen LogP contribution is 2.32. The monoisotopic (exact) mass is 281 g/mol. The van der Waals surface area contributed by atoms with Crippen molar-refractivity contribution in [3.05, 3.63) is 53.9 Å². The van der Waals surface area contributed by atoms with Crippen molar-refractivity contribution in [1.29, 1.82) is 0 Å². The number of carboxylic acids is 1. The van der Waals surface area contributed by atoms with Gasteiger partial charge in [0.1, 0.15) is 0 Å². The molecule has 6 heteroatoms. The van der Waals surface area contributed by atoms with Gasteiger partial charge in [0.2, 0.25) is 0 Å². The number of benzene rings is 1. The first-order valence-electron chi connectivity index (χ1n) is 5.70. The molecule has 0 amide bonds. The highest BCUT2D eigenvalue weighted by Gasteiger charge is 2.30. The summed E-state index contributed by atoms with van der Waals surface area (Å²) in [6.45, 7) is 0. The van der Waals surface area contributed by atoms with Gasteiger partial charge in [-0.05, 0) is 29.3 Å². The van der Waals surface area contributed by atoms with Crippen LogP contribution in [-0.2, 0) is 17.4 Å². The van der Waals surface area contributed by atoms with E-state index in [1.807, 2.05) is 0 Å². The Labute approximate surface area is 112 Å². The number of hydrogen-bond donors (Lipinski definition) is 1. The van der Waals surface area contributed by atoms with Crippen molar-refractivity contribution in [2.24, 2.45) is 0 Å². The first-order valence-corrected chi connectivity index (χ1v) is 5.70. The highest BCUT2D eigenvalue weighted by molar-refractivity contribution is 5.76. The molecule has 0 saturated carbocycles. The molecule has 0 aliphatic heterocycles. The second-order valence-electron chi connectivity index (χ2n) is 4.18. The molecule has 0 spiro atoms. The number of hydrogen-bond acceptors (Lipinski definition) is 2. The van der Waals surface area contributed by atoms with E-state index in [0.29, 0.717) is 16.7 Å².